The summed E-state index contributed by atoms with van der Waals surface area (Å²) < 4.78 is 21.3. The van der Waals surface area contributed by atoms with Gasteiger partial charge in [-0.3, -0.25) is 0 Å². The van der Waals surface area contributed by atoms with Gasteiger partial charge in [-0.2, -0.15) is 5.26 Å². The fourth-order valence-electron chi connectivity index (χ4n) is 3.16. The lowest BCUT2D eigenvalue weighted by Crippen LogP contribution is -2.15. The van der Waals surface area contributed by atoms with E-state index in [0.717, 1.165) is 17.5 Å². The van der Waals surface area contributed by atoms with Gasteiger partial charge in [-0.25, -0.2) is 0 Å². The van der Waals surface area contributed by atoms with Crippen LogP contribution in [0.2, 0.25) is 0 Å². The van der Waals surface area contributed by atoms with Crippen molar-refractivity contribution in [1.82, 2.24) is 0 Å². The maximum Gasteiger partial charge on any atom is 0.160 e. The predicted molar refractivity (Wildman–Crippen MR) is 105 cm³/mol. The van der Waals surface area contributed by atoms with E-state index in [4.69, 9.17) is 18.9 Å². The highest BCUT2D eigenvalue weighted by molar-refractivity contribution is 5.44. The molecule has 0 unspecified atom stereocenters. The number of rotatable bonds is 9. The number of methoxy groups -OCH3 is 4. The molecular weight excluding hydrogens is 342 g/mol. The van der Waals surface area contributed by atoms with Crippen molar-refractivity contribution in [2.75, 3.05) is 28.4 Å². The minimum absolute atomic E-state index is 0.115. The molecule has 0 bridgehead atoms. The molecule has 0 spiro atoms. The molecule has 0 aliphatic rings. The fourth-order valence-corrected chi connectivity index (χ4v) is 3.16. The monoisotopic (exact) mass is 369 g/mol. The largest absolute Gasteiger partial charge is 0.493 e. The predicted octanol–water partition coefficient (Wildman–Crippen LogP) is 4.28. The Morgan fingerprint density at radius 3 is 1.59 bits per heavy atom. The number of hydrogen-bond acceptors (Lipinski definition) is 5. The average Bonchev–Trinajstić information content (AvgIpc) is 2.71. The Morgan fingerprint density at radius 2 is 1.19 bits per heavy atom. The van der Waals surface area contributed by atoms with Crippen molar-refractivity contribution in [3.63, 3.8) is 0 Å². The van der Waals surface area contributed by atoms with Crippen LogP contribution in [0.25, 0.3) is 0 Å². The molecule has 144 valence electrons. The standard InChI is InChI=1S/C22H27NO4/c1-15(10-16-6-8-19(24-2)21(12-16)26-4)18(14-23)11-17-7-9-20(25-3)22(13-17)27-5/h6-9,12-13,15,18H,10-11H2,1-5H3/t15-,18-/m1/s1. The van der Waals surface area contributed by atoms with E-state index in [-0.39, 0.29) is 11.8 Å². The Morgan fingerprint density at radius 1 is 0.741 bits per heavy atom. The van der Waals surface area contributed by atoms with Crippen molar-refractivity contribution in [3.8, 4) is 29.1 Å². The minimum atomic E-state index is -0.115. The maximum atomic E-state index is 9.70. The first kappa shape index (κ1) is 20.4. The molecule has 0 fully saturated rings. The zero-order chi connectivity index (χ0) is 19.8. The van der Waals surface area contributed by atoms with Gasteiger partial charge in [0.1, 0.15) is 0 Å². The molecule has 0 radical (unpaired) electrons. The van der Waals surface area contributed by atoms with E-state index < -0.39 is 0 Å². The number of nitrogens with zero attached hydrogens (tertiary/aromatic N) is 1. The second-order valence-electron chi connectivity index (χ2n) is 6.50. The third kappa shape index (κ3) is 5.07. The number of hydrogen-bond donors (Lipinski definition) is 0. The highest BCUT2D eigenvalue weighted by Crippen LogP contribution is 2.32. The van der Waals surface area contributed by atoms with E-state index in [2.05, 4.69) is 13.0 Å². The smallest absolute Gasteiger partial charge is 0.160 e. The van der Waals surface area contributed by atoms with E-state index >= 15 is 0 Å². The average molecular weight is 369 g/mol. The van der Waals surface area contributed by atoms with Crippen molar-refractivity contribution in [2.24, 2.45) is 11.8 Å². The maximum absolute atomic E-state index is 9.70. The summed E-state index contributed by atoms with van der Waals surface area (Å²) in [5, 5.41) is 9.70. The lowest BCUT2D eigenvalue weighted by atomic mass is 9.85. The molecule has 0 amide bonds. The summed E-state index contributed by atoms with van der Waals surface area (Å²) in [7, 11) is 6.47. The van der Waals surface area contributed by atoms with Gasteiger partial charge in [-0.15, -0.1) is 0 Å². The van der Waals surface area contributed by atoms with Crippen LogP contribution in [-0.2, 0) is 12.8 Å². The number of ether oxygens (including phenoxy) is 4. The Labute approximate surface area is 161 Å². The molecule has 27 heavy (non-hydrogen) atoms. The summed E-state index contributed by atoms with van der Waals surface area (Å²) in [6.45, 7) is 2.10. The number of benzene rings is 2. The van der Waals surface area contributed by atoms with Crippen LogP contribution in [-0.4, -0.2) is 28.4 Å². The molecule has 2 aromatic carbocycles. The van der Waals surface area contributed by atoms with Crippen LogP contribution in [0.3, 0.4) is 0 Å². The first-order valence-electron chi connectivity index (χ1n) is 8.87. The van der Waals surface area contributed by atoms with Crippen LogP contribution in [0.15, 0.2) is 36.4 Å². The Balaban J connectivity index is 2.12. The van der Waals surface area contributed by atoms with Crippen LogP contribution in [0.1, 0.15) is 18.1 Å². The molecule has 0 aliphatic carbocycles. The summed E-state index contributed by atoms with van der Waals surface area (Å²) in [6, 6.07) is 14.1. The molecular formula is C22H27NO4. The highest BCUT2D eigenvalue weighted by Gasteiger charge is 2.19. The van der Waals surface area contributed by atoms with Gasteiger partial charge in [0.05, 0.1) is 40.4 Å². The van der Waals surface area contributed by atoms with Crippen LogP contribution >= 0.6 is 0 Å². The van der Waals surface area contributed by atoms with Gasteiger partial charge in [0, 0.05) is 0 Å². The van der Waals surface area contributed by atoms with Crippen molar-refractivity contribution in [1.29, 1.82) is 5.26 Å². The molecule has 2 atom stereocenters. The lowest BCUT2D eigenvalue weighted by molar-refractivity contribution is 0.353. The van der Waals surface area contributed by atoms with Crippen LogP contribution in [0.5, 0.6) is 23.0 Å². The first-order valence-corrected chi connectivity index (χ1v) is 8.87. The third-order valence-corrected chi connectivity index (χ3v) is 4.76. The lowest BCUT2D eigenvalue weighted by Gasteiger charge is -2.19. The molecule has 0 aliphatic heterocycles. The zero-order valence-corrected chi connectivity index (χ0v) is 16.6. The molecule has 0 aromatic heterocycles. The summed E-state index contributed by atoms with van der Waals surface area (Å²) in [6.07, 6.45) is 1.44. The van der Waals surface area contributed by atoms with Gasteiger partial charge in [0.15, 0.2) is 23.0 Å². The fraction of sp³-hybridized carbons (Fsp3) is 0.409. The summed E-state index contributed by atoms with van der Waals surface area (Å²) in [4.78, 5) is 0. The Hall–Kier alpha value is -2.87. The molecule has 0 heterocycles. The van der Waals surface area contributed by atoms with Crippen molar-refractivity contribution < 1.29 is 18.9 Å². The SMILES string of the molecule is COc1ccc(C[C@@H](C)[C@@H](C#N)Cc2ccc(OC)c(OC)c2)cc1OC. The van der Waals surface area contributed by atoms with Gasteiger partial charge in [0.2, 0.25) is 0 Å². The van der Waals surface area contributed by atoms with Crippen molar-refractivity contribution >= 4 is 0 Å². The quantitative estimate of drug-likeness (QED) is 0.660. The van der Waals surface area contributed by atoms with Crippen LogP contribution in [0, 0.1) is 23.2 Å². The zero-order valence-electron chi connectivity index (χ0n) is 16.6. The van der Waals surface area contributed by atoms with Gasteiger partial charge in [0.25, 0.3) is 0 Å². The molecule has 0 saturated heterocycles. The molecule has 2 aromatic rings. The van der Waals surface area contributed by atoms with E-state index in [1.165, 1.54) is 0 Å². The summed E-state index contributed by atoms with van der Waals surface area (Å²) in [5.74, 6) is 2.84. The van der Waals surface area contributed by atoms with Gasteiger partial charge >= 0.3 is 0 Å². The third-order valence-electron chi connectivity index (χ3n) is 4.76. The second-order valence-corrected chi connectivity index (χ2v) is 6.50. The van der Waals surface area contributed by atoms with Gasteiger partial charge in [-0.1, -0.05) is 19.1 Å². The molecule has 2 rings (SSSR count). The minimum Gasteiger partial charge on any atom is -0.493 e. The van der Waals surface area contributed by atoms with E-state index in [0.29, 0.717) is 29.4 Å². The summed E-state index contributed by atoms with van der Waals surface area (Å²) >= 11 is 0. The molecule has 5 nitrogen and oxygen atoms in total. The number of nitriles is 1. The Kier molecular flexibility index (Phi) is 7.36. The van der Waals surface area contributed by atoms with Gasteiger partial charge < -0.3 is 18.9 Å². The van der Waals surface area contributed by atoms with Crippen LogP contribution in [0.4, 0.5) is 0 Å². The van der Waals surface area contributed by atoms with Crippen molar-refractivity contribution in [3.05, 3.63) is 47.5 Å². The van der Waals surface area contributed by atoms with Gasteiger partial charge in [-0.05, 0) is 54.2 Å². The van der Waals surface area contributed by atoms with E-state index in [1.54, 1.807) is 28.4 Å². The second kappa shape index (κ2) is 9.72. The Bertz CT molecular complexity index is 797. The first-order chi connectivity index (χ1) is 13.1. The topological polar surface area (TPSA) is 60.7 Å². The molecule has 5 heteroatoms. The summed E-state index contributed by atoms with van der Waals surface area (Å²) in [5.41, 5.74) is 2.17. The van der Waals surface area contributed by atoms with E-state index in [9.17, 15) is 5.26 Å². The van der Waals surface area contributed by atoms with Crippen LogP contribution < -0.4 is 18.9 Å². The van der Waals surface area contributed by atoms with Crippen molar-refractivity contribution in [2.45, 2.75) is 19.8 Å². The molecule has 0 saturated carbocycles. The van der Waals surface area contributed by atoms with E-state index in [1.807, 2.05) is 36.4 Å². The normalized spacial score (nSPS) is 12.6. The molecule has 0 N–H and O–H groups in total. The highest BCUT2D eigenvalue weighted by atomic mass is 16.5.